The minimum atomic E-state index is -0.846. The molecule has 0 aromatic heterocycles. The summed E-state index contributed by atoms with van der Waals surface area (Å²) >= 11 is 0. The Morgan fingerprint density at radius 1 is 1.50 bits per heavy atom. The van der Waals surface area contributed by atoms with Crippen LogP contribution < -0.4 is 5.32 Å². The third-order valence-corrected chi connectivity index (χ3v) is 2.13. The molecule has 0 aromatic rings. The number of carbonyl (C=O) groups excluding carboxylic acids is 1. The molecule has 1 N–H and O–H groups in total. The van der Waals surface area contributed by atoms with E-state index in [4.69, 9.17) is 0 Å². The van der Waals surface area contributed by atoms with Crippen molar-refractivity contribution in [2.24, 2.45) is 5.41 Å². The van der Waals surface area contributed by atoms with Crippen LogP contribution in [0.4, 0.5) is 4.39 Å². The second-order valence-electron chi connectivity index (χ2n) is 4.41. The average molecular weight is 173 g/mol. The lowest BCUT2D eigenvalue weighted by Crippen LogP contribution is -2.38. The Kier molecular flexibility index (Phi) is 2.52. The van der Waals surface area contributed by atoms with E-state index in [-0.39, 0.29) is 17.2 Å². The Morgan fingerprint density at radius 3 is 2.42 bits per heavy atom. The molecule has 1 heterocycles. The van der Waals surface area contributed by atoms with Crippen molar-refractivity contribution in [1.82, 2.24) is 5.32 Å². The van der Waals surface area contributed by atoms with Gasteiger partial charge in [0.05, 0.1) is 6.04 Å². The van der Waals surface area contributed by atoms with Crippen LogP contribution in [0.1, 0.15) is 27.2 Å². The summed E-state index contributed by atoms with van der Waals surface area (Å²) < 4.78 is 12.7. The van der Waals surface area contributed by atoms with E-state index >= 15 is 0 Å². The molecular formula is C9H16FNO. The Balaban J connectivity index is 2.55. The van der Waals surface area contributed by atoms with E-state index in [1.54, 1.807) is 0 Å². The van der Waals surface area contributed by atoms with Crippen LogP contribution in [0.5, 0.6) is 0 Å². The fourth-order valence-electron chi connectivity index (χ4n) is 1.41. The Bertz CT molecular complexity index is 185. The second-order valence-corrected chi connectivity index (χ2v) is 4.41. The van der Waals surface area contributed by atoms with Crippen LogP contribution in [-0.4, -0.2) is 24.5 Å². The summed E-state index contributed by atoms with van der Waals surface area (Å²) in [6, 6.07) is -0.264. The third kappa shape index (κ3) is 2.03. The van der Waals surface area contributed by atoms with Gasteiger partial charge in [-0.3, -0.25) is 4.79 Å². The van der Waals surface area contributed by atoms with Crippen molar-refractivity contribution < 1.29 is 9.18 Å². The lowest BCUT2D eigenvalue weighted by Gasteiger charge is -2.20. The van der Waals surface area contributed by atoms with Crippen molar-refractivity contribution in [3.8, 4) is 0 Å². The van der Waals surface area contributed by atoms with Gasteiger partial charge >= 0.3 is 0 Å². The third-order valence-electron chi connectivity index (χ3n) is 2.13. The second kappa shape index (κ2) is 3.13. The van der Waals surface area contributed by atoms with Gasteiger partial charge < -0.3 is 5.32 Å². The molecule has 0 spiro atoms. The molecule has 1 aliphatic rings. The first kappa shape index (κ1) is 9.65. The lowest BCUT2D eigenvalue weighted by atomic mass is 9.86. The van der Waals surface area contributed by atoms with Gasteiger partial charge in [0.15, 0.2) is 5.78 Å². The Hall–Kier alpha value is -0.440. The van der Waals surface area contributed by atoms with Crippen LogP contribution in [0.3, 0.4) is 0 Å². The first-order valence-corrected chi connectivity index (χ1v) is 4.33. The van der Waals surface area contributed by atoms with Crippen molar-refractivity contribution in [2.75, 3.05) is 6.54 Å². The van der Waals surface area contributed by atoms with Crippen molar-refractivity contribution in [1.29, 1.82) is 0 Å². The predicted molar refractivity (Wildman–Crippen MR) is 45.8 cm³/mol. The van der Waals surface area contributed by atoms with Crippen LogP contribution >= 0.6 is 0 Å². The van der Waals surface area contributed by atoms with E-state index < -0.39 is 6.17 Å². The van der Waals surface area contributed by atoms with E-state index in [9.17, 15) is 9.18 Å². The van der Waals surface area contributed by atoms with Crippen LogP contribution in [0.15, 0.2) is 0 Å². The first-order valence-electron chi connectivity index (χ1n) is 4.33. The molecule has 0 aliphatic carbocycles. The van der Waals surface area contributed by atoms with Crippen LogP contribution in [0, 0.1) is 5.41 Å². The van der Waals surface area contributed by atoms with Crippen molar-refractivity contribution in [2.45, 2.75) is 39.4 Å². The number of hydrogen-bond donors (Lipinski definition) is 1. The predicted octanol–water partition coefficient (Wildman–Crippen LogP) is 1.30. The van der Waals surface area contributed by atoms with Gasteiger partial charge in [-0.15, -0.1) is 0 Å². The van der Waals surface area contributed by atoms with Gasteiger partial charge in [0, 0.05) is 18.4 Å². The highest BCUT2D eigenvalue weighted by Crippen LogP contribution is 2.22. The molecular weight excluding hydrogens is 157 g/mol. The van der Waals surface area contributed by atoms with Gasteiger partial charge in [0.1, 0.15) is 6.17 Å². The lowest BCUT2D eigenvalue weighted by molar-refractivity contribution is -0.128. The smallest absolute Gasteiger partial charge is 0.155 e. The summed E-state index contributed by atoms with van der Waals surface area (Å²) in [6.07, 6.45) is -0.503. The molecule has 1 rings (SSSR count). The molecule has 12 heavy (non-hydrogen) atoms. The fourth-order valence-corrected chi connectivity index (χ4v) is 1.41. The van der Waals surface area contributed by atoms with Crippen LogP contribution in [0.25, 0.3) is 0 Å². The largest absolute Gasteiger partial charge is 0.304 e. The average Bonchev–Trinajstić information content (AvgIpc) is 2.32. The SMILES string of the molecule is CC(C)(C)C(=O)[C@@H]1C[C@H](F)CN1. The van der Waals surface area contributed by atoms with Gasteiger partial charge in [-0.25, -0.2) is 4.39 Å². The number of rotatable bonds is 1. The van der Waals surface area contributed by atoms with E-state index in [1.165, 1.54) is 0 Å². The maximum atomic E-state index is 12.7. The standard InChI is InChI=1S/C9H16FNO/c1-9(2,3)8(12)7-4-6(10)5-11-7/h6-7,11H,4-5H2,1-3H3/t6-,7-/m0/s1. The number of halogens is 1. The fraction of sp³-hybridized carbons (Fsp3) is 0.889. The van der Waals surface area contributed by atoms with Gasteiger partial charge in [-0.1, -0.05) is 20.8 Å². The van der Waals surface area contributed by atoms with E-state index in [0.717, 1.165) is 0 Å². The number of nitrogens with one attached hydrogen (secondary N) is 1. The Morgan fingerprint density at radius 2 is 2.08 bits per heavy atom. The highest BCUT2D eigenvalue weighted by Gasteiger charge is 2.34. The summed E-state index contributed by atoms with van der Waals surface area (Å²) in [6.45, 7) is 5.92. The molecule has 1 aliphatic heterocycles. The number of Topliss-reactive ketones (excluding diaryl/α,β-unsaturated/α-hetero) is 1. The summed E-state index contributed by atoms with van der Waals surface area (Å²) in [7, 11) is 0. The normalized spacial score (nSPS) is 30.7. The van der Waals surface area contributed by atoms with E-state index in [0.29, 0.717) is 13.0 Å². The minimum absolute atomic E-state index is 0.114. The summed E-state index contributed by atoms with van der Waals surface area (Å²) in [4.78, 5) is 11.6. The van der Waals surface area contributed by atoms with Gasteiger partial charge in [0.25, 0.3) is 0 Å². The van der Waals surface area contributed by atoms with E-state index in [1.807, 2.05) is 20.8 Å². The molecule has 0 aromatic carbocycles. The number of alkyl halides is 1. The molecule has 70 valence electrons. The van der Waals surface area contributed by atoms with Crippen LogP contribution in [-0.2, 0) is 4.79 Å². The molecule has 0 radical (unpaired) electrons. The van der Waals surface area contributed by atoms with E-state index in [2.05, 4.69) is 5.32 Å². The Labute approximate surface area is 72.5 Å². The maximum Gasteiger partial charge on any atom is 0.155 e. The molecule has 2 nitrogen and oxygen atoms in total. The first-order chi connectivity index (χ1) is 5.41. The van der Waals surface area contributed by atoms with Crippen LogP contribution in [0.2, 0.25) is 0 Å². The monoisotopic (exact) mass is 173 g/mol. The zero-order chi connectivity index (χ0) is 9.35. The van der Waals surface area contributed by atoms with Crippen molar-refractivity contribution in [3.63, 3.8) is 0 Å². The molecule has 0 saturated carbocycles. The van der Waals surface area contributed by atoms with Gasteiger partial charge in [0.2, 0.25) is 0 Å². The molecule has 0 amide bonds. The number of carbonyl (C=O) groups is 1. The number of hydrogen-bond acceptors (Lipinski definition) is 2. The van der Waals surface area contributed by atoms with Crippen molar-refractivity contribution >= 4 is 5.78 Å². The molecule has 0 bridgehead atoms. The van der Waals surface area contributed by atoms with Crippen molar-refractivity contribution in [3.05, 3.63) is 0 Å². The summed E-state index contributed by atoms with van der Waals surface area (Å²) in [5, 5.41) is 2.89. The molecule has 2 atom stereocenters. The zero-order valence-electron chi connectivity index (χ0n) is 7.86. The van der Waals surface area contributed by atoms with Gasteiger partial charge in [-0.2, -0.15) is 0 Å². The number of ketones is 1. The van der Waals surface area contributed by atoms with Gasteiger partial charge in [-0.05, 0) is 0 Å². The molecule has 1 saturated heterocycles. The topological polar surface area (TPSA) is 29.1 Å². The maximum absolute atomic E-state index is 12.7. The molecule has 1 fully saturated rings. The zero-order valence-corrected chi connectivity index (χ0v) is 7.86. The highest BCUT2D eigenvalue weighted by molar-refractivity contribution is 5.89. The quantitative estimate of drug-likeness (QED) is 0.647. The summed E-state index contributed by atoms with van der Waals surface area (Å²) in [5.41, 5.74) is -0.359. The molecule has 0 unspecified atom stereocenters. The summed E-state index contributed by atoms with van der Waals surface area (Å²) in [5.74, 6) is 0.114. The molecule has 3 heteroatoms. The minimum Gasteiger partial charge on any atom is -0.304 e. The highest BCUT2D eigenvalue weighted by atomic mass is 19.1.